The Kier molecular flexibility index (Phi) is 10.4. The normalized spacial score (nSPS) is 17.6. The molecule has 1 saturated heterocycles. The molecule has 5 rings (SSSR count). The standard InChI is InChI=1S/C38H39F2NO6/c1-24(2)41-32(20-19-30-21-31(22-33(42)44-5)47-38(3,4)46-30)34(26-11-15-28(39)16-12-26)35(27-13-17-29(40)18-14-27)36(41)37(43)45-23-25-9-7-6-8-10-25/h6-20,24,30-31H,21-23H2,1-5H3. The average Bonchev–Trinajstić information content (AvgIpc) is 3.38. The van der Waals surface area contributed by atoms with Gasteiger partial charge in [0, 0.05) is 29.3 Å². The summed E-state index contributed by atoms with van der Waals surface area (Å²) >= 11 is 0. The molecule has 2 atom stereocenters. The Balaban J connectivity index is 1.69. The van der Waals surface area contributed by atoms with E-state index in [-0.39, 0.29) is 30.7 Å². The highest BCUT2D eigenvalue weighted by atomic mass is 19.1. The maximum Gasteiger partial charge on any atom is 0.355 e. The minimum Gasteiger partial charge on any atom is -0.469 e. The van der Waals surface area contributed by atoms with Crippen molar-refractivity contribution in [1.29, 1.82) is 0 Å². The third-order valence-electron chi connectivity index (χ3n) is 7.90. The van der Waals surface area contributed by atoms with Crippen molar-refractivity contribution in [3.8, 4) is 22.3 Å². The summed E-state index contributed by atoms with van der Waals surface area (Å²) in [7, 11) is 1.34. The van der Waals surface area contributed by atoms with E-state index in [1.807, 2.05) is 60.9 Å². The van der Waals surface area contributed by atoms with Gasteiger partial charge in [0.05, 0.1) is 25.7 Å². The molecule has 0 saturated carbocycles. The Hall–Kier alpha value is -4.60. The van der Waals surface area contributed by atoms with Crippen LogP contribution in [0, 0.1) is 11.6 Å². The predicted molar refractivity (Wildman–Crippen MR) is 175 cm³/mol. The smallest absolute Gasteiger partial charge is 0.355 e. The summed E-state index contributed by atoms with van der Waals surface area (Å²) in [6.07, 6.45) is 3.33. The summed E-state index contributed by atoms with van der Waals surface area (Å²) < 4.78 is 53.2. The molecule has 3 aromatic carbocycles. The van der Waals surface area contributed by atoms with Gasteiger partial charge in [-0.3, -0.25) is 4.79 Å². The van der Waals surface area contributed by atoms with Gasteiger partial charge < -0.3 is 23.5 Å². The van der Waals surface area contributed by atoms with Crippen LogP contribution < -0.4 is 0 Å². The van der Waals surface area contributed by atoms with Gasteiger partial charge in [-0.25, -0.2) is 13.6 Å². The molecule has 7 nitrogen and oxygen atoms in total. The Morgan fingerprint density at radius 3 is 2.09 bits per heavy atom. The number of rotatable bonds is 10. The van der Waals surface area contributed by atoms with Crippen LogP contribution in [-0.4, -0.2) is 41.6 Å². The van der Waals surface area contributed by atoms with Crippen molar-refractivity contribution in [1.82, 2.24) is 4.57 Å². The molecule has 1 aromatic heterocycles. The zero-order chi connectivity index (χ0) is 33.7. The van der Waals surface area contributed by atoms with E-state index in [1.165, 1.54) is 31.4 Å². The topological polar surface area (TPSA) is 76.0 Å². The Morgan fingerprint density at radius 1 is 0.915 bits per heavy atom. The number of aromatic nitrogens is 1. The van der Waals surface area contributed by atoms with Crippen molar-refractivity contribution in [3.05, 3.63) is 114 Å². The van der Waals surface area contributed by atoms with E-state index in [0.29, 0.717) is 34.4 Å². The summed E-state index contributed by atoms with van der Waals surface area (Å²) in [5, 5.41) is 0. The van der Waals surface area contributed by atoms with Gasteiger partial charge in [-0.2, -0.15) is 0 Å². The zero-order valence-corrected chi connectivity index (χ0v) is 27.2. The summed E-state index contributed by atoms with van der Waals surface area (Å²) in [5.74, 6) is -2.75. The highest BCUT2D eigenvalue weighted by Crippen LogP contribution is 2.43. The minimum absolute atomic E-state index is 0.0510. The van der Waals surface area contributed by atoms with Gasteiger partial charge in [0.15, 0.2) is 5.79 Å². The zero-order valence-electron chi connectivity index (χ0n) is 27.2. The minimum atomic E-state index is -0.975. The largest absolute Gasteiger partial charge is 0.469 e. The molecule has 4 aromatic rings. The lowest BCUT2D eigenvalue weighted by atomic mass is 9.94. The van der Waals surface area contributed by atoms with E-state index in [2.05, 4.69) is 0 Å². The lowest BCUT2D eigenvalue weighted by Crippen LogP contribution is -2.44. The first-order valence-corrected chi connectivity index (χ1v) is 15.6. The first kappa shape index (κ1) is 33.8. The van der Waals surface area contributed by atoms with Crippen molar-refractivity contribution >= 4 is 18.0 Å². The highest BCUT2D eigenvalue weighted by Gasteiger charge is 2.36. The molecule has 1 fully saturated rings. The van der Waals surface area contributed by atoms with Gasteiger partial charge >= 0.3 is 11.9 Å². The van der Waals surface area contributed by atoms with Gasteiger partial charge in [0.1, 0.15) is 23.9 Å². The molecule has 0 aliphatic carbocycles. The SMILES string of the molecule is COC(=O)CC1CC(C=Cc2c(-c3ccc(F)cc3)c(-c3ccc(F)cc3)c(C(=O)OCc3ccccc3)n2C(C)C)OC(C)(C)O1. The molecule has 47 heavy (non-hydrogen) atoms. The van der Waals surface area contributed by atoms with Crippen LogP contribution in [0.4, 0.5) is 8.78 Å². The maximum absolute atomic E-state index is 14.2. The third kappa shape index (κ3) is 8.04. The fourth-order valence-corrected chi connectivity index (χ4v) is 5.97. The lowest BCUT2D eigenvalue weighted by molar-refractivity contribution is -0.290. The molecule has 1 aliphatic heterocycles. The van der Waals surface area contributed by atoms with Crippen molar-refractivity contribution < 1.29 is 37.3 Å². The Labute approximate surface area is 273 Å². The molecule has 0 spiro atoms. The molecule has 2 heterocycles. The second-order valence-electron chi connectivity index (χ2n) is 12.2. The molecule has 1 aliphatic rings. The number of nitrogens with zero attached hydrogens (tertiary/aromatic N) is 1. The quantitative estimate of drug-likeness (QED) is 0.161. The summed E-state index contributed by atoms with van der Waals surface area (Å²) in [6, 6.07) is 21.1. The van der Waals surface area contributed by atoms with Crippen LogP contribution in [-0.2, 0) is 30.3 Å². The highest BCUT2D eigenvalue weighted by molar-refractivity contribution is 6.04. The molecule has 0 N–H and O–H groups in total. The number of carbonyl (C=O) groups excluding carboxylic acids is 2. The van der Waals surface area contributed by atoms with Crippen molar-refractivity contribution in [2.75, 3.05) is 7.11 Å². The monoisotopic (exact) mass is 643 g/mol. The summed E-state index contributed by atoms with van der Waals surface area (Å²) in [4.78, 5) is 26.2. The van der Waals surface area contributed by atoms with Gasteiger partial charge in [-0.15, -0.1) is 0 Å². The number of carbonyl (C=O) groups is 2. The Bertz CT molecular complexity index is 1730. The number of hydrogen-bond acceptors (Lipinski definition) is 6. The Morgan fingerprint density at radius 2 is 1.51 bits per heavy atom. The van der Waals surface area contributed by atoms with Gasteiger partial charge in [0.2, 0.25) is 0 Å². The second-order valence-corrected chi connectivity index (χ2v) is 12.2. The van der Waals surface area contributed by atoms with Crippen LogP contribution in [0.3, 0.4) is 0 Å². The van der Waals surface area contributed by atoms with E-state index in [1.54, 1.807) is 38.1 Å². The molecular formula is C38H39F2NO6. The number of methoxy groups -OCH3 is 1. The van der Waals surface area contributed by atoms with Gasteiger partial charge in [-0.1, -0.05) is 60.7 Å². The van der Waals surface area contributed by atoms with E-state index in [0.717, 1.165) is 5.56 Å². The lowest BCUT2D eigenvalue weighted by Gasteiger charge is -2.39. The second kappa shape index (κ2) is 14.4. The number of halogens is 2. The fourth-order valence-electron chi connectivity index (χ4n) is 5.97. The molecule has 0 radical (unpaired) electrons. The van der Waals surface area contributed by atoms with Crippen molar-refractivity contribution in [3.63, 3.8) is 0 Å². The molecule has 0 bridgehead atoms. The number of hydrogen-bond donors (Lipinski definition) is 0. The molecule has 2 unspecified atom stereocenters. The van der Waals surface area contributed by atoms with Crippen LogP contribution in [0.1, 0.15) is 68.3 Å². The molecule has 0 amide bonds. The van der Waals surface area contributed by atoms with E-state index < -0.39 is 35.6 Å². The molecule has 9 heteroatoms. The predicted octanol–water partition coefficient (Wildman–Crippen LogP) is 8.52. The first-order valence-electron chi connectivity index (χ1n) is 15.6. The maximum atomic E-state index is 14.2. The van der Waals surface area contributed by atoms with Gasteiger partial charge in [-0.05, 0) is 74.7 Å². The van der Waals surface area contributed by atoms with Crippen LogP contribution >= 0.6 is 0 Å². The summed E-state index contributed by atoms with van der Waals surface area (Å²) in [6.45, 7) is 7.52. The van der Waals surface area contributed by atoms with E-state index in [9.17, 15) is 18.4 Å². The third-order valence-corrected chi connectivity index (χ3v) is 7.90. The van der Waals surface area contributed by atoms with Crippen LogP contribution in [0.5, 0.6) is 0 Å². The van der Waals surface area contributed by atoms with Crippen LogP contribution in [0.2, 0.25) is 0 Å². The van der Waals surface area contributed by atoms with Crippen molar-refractivity contribution in [2.45, 2.75) is 71.2 Å². The fraction of sp³-hybridized carbons (Fsp3) is 0.316. The number of benzene rings is 3. The molecule has 246 valence electrons. The van der Waals surface area contributed by atoms with Crippen LogP contribution in [0.15, 0.2) is 84.9 Å². The van der Waals surface area contributed by atoms with E-state index in [4.69, 9.17) is 18.9 Å². The number of ether oxygens (including phenoxy) is 4. The summed E-state index contributed by atoms with van der Waals surface area (Å²) in [5.41, 5.74) is 4.16. The van der Waals surface area contributed by atoms with Crippen LogP contribution in [0.25, 0.3) is 28.3 Å². The van der Waals surface area contributed by atoms with Crippen molar-refractivity contribution in [2.24, 2.45) is 0 Å². The molecular weight excluding hydrogens is 604 g/mol. The number of esters is 2. The average molecular weight is 644 g/mol. The van der Waals surface area contributed by atoms with E-state index >= 15 is 0 Å². The van der Waals surface area contributed by atoms with Gasteiger partial charge in [0.25, 0.3) is 0 Å². The first-order chi connectivity index (χ1) is 22.5.